The minimum absolute atomic E-state index is 0.0785. The van der Waals surface area contributed by atoms with Crippen molar-refractivity contribution in [3.05, 3.63) is 29.1 Å². The fraction of sp³-hybridized carbons (Fsp3) is 0.696. The van der Waals surface area contributed by atoms with Crippen molar-refractivity contribution in [2.24, 2.45) is 11.8 Å². The van der Waals surface area contributed by atoms with Crippen molar-refractivity contribution in [3.8, 4) is 0 Å². The fourth-order valence-electron chi connectivity index (χ4n) is 5.60. The van der Waals surface area contributed by atoms with E-state index in [1.165, 1.54) is 25.7 Å². The average Bonchev–Trinajstić information content (AvgIpc) is 3.15. The number of aryl methyl sites for hydroxylation is 1. The first-order valence-corrected chi connectivity index (χ1v) is 11.0. The highest BCUT2D eigenvalue weighted by Gasteiger charge is 2.32. The number of likely N-dealkylation sites (tertiary alicyclic amines) is 1. The summed E-state index contributed by atoms with van der Waals surface area (Å²) in [6, 6.07) is 4.31. The molecule has 28 heavy (non-hydrogen) atoms. The van der Waals surface area contributed by atoms with Crippen LogP contribution in [0.3, 0.4) is 0 Å². The van der Waals surface area contributed by atoms with Gasteiger partial charge in [0, 0.05) is 49.9 Å². The molecule has 1 aliphatic carbocycles. The highest BCUT2D eigenvalue weighted by Crippen LogP contribution is 2.36. The van der Waals surface area contributed by atoms with Crippen LogP contribution in [-0.2, 0) is 11.2 Å². The quantitative estimate of drug-likeness (QED) is 0.824. The molecule has 1 unspecified atom stereocenters. The molecule has 1 amide bonds. The van der Waals surface area contributed by atoms with Crippen molar-refractivity contribution >= 4 is 11.6 Å². The molecule has 154 valence electrons. The predicted molar refractivity (Wildman–Crippen MR) is 111 cm³/mol. The molecule has 0 spiro atoms. The highest BCUT2D eigenvalue weighted by atomic mass is 19.1. The third kappa shape index (κ3) is 4.19. The number of benzene rings is 1. The van der Waals surface area contributed by atoms with E-state index in [0.29, 0.717) is 6.04 Å². The Bertz CT molecular complexity index is 683. The smallest absolute Gasteiger partial charge is 0.219 e. The normalized spacial score (nSPS) is 28.1. The number of anilines is 1. The average molecular weight is 388 g/mol. The lowest BCUT2D eigenvalue weighted by atomic mass is 9.74. The molecule has 3 atom stereocenters. The van der Waals surface area contributed by atoms with Gasteiger partial charge in [0.25, 0.3) is 0 Å². The minimum Gasteiger partial charge on any atom is -0.380 e. The summed E-state index contributed by atoms with van der Waals surface area (Å²) >= 11 is 0. The maximum absolute atomic E-state index is 14.1. The zero-order valence-electron chi connectivity index (χ0n) is 17.3. The molecule has 5 heteroatoms. The van der Waals surface area contributed by atoms with Crippen LogP contribution in [0.15, 0.2) is 12.1 Å². The first kappa shape index (κ1) is 19.7. The number of carbonyl (C=O) groups excluding carboxylic acids is 1. The molecule has 4 nitrogen and oxygen atoms in total. The van der Waals surface area contributed by atoms with E-state index >= 15 is 0 Å². The van der Waals surface area contributed by atoms with E-state index in [0.717, 1.165) is 67.5 Å². The van der Waals surface area contributed by atoms with Gasteiger partial charge in [-0.25, -0.2) is 4.39 Å². The van der Waals surface area contributed by atoms with Crippen LogP contribution in [-0.4, -0.2) is 42.5 Å². The van der Waals surface area contributed by atoms with Crippen LogP contribution in [0.1, 0.15) is 56.6 Å². The number of rotatable bonds is 4. The lowest BCUT2D eigenvalue weighted by molar-refractivity contribution is -0.130. The molecule has 1 saturated heterocycles. The SMILES string of the molecule is CC(=O)N1CCC([C@@H]2CCC[C@@H](NCC3Cc4c(F)ccc(C)c4N3)C2)CC1. The number of amides is 1. The molecule has 4 rings (SSSR count). The number of nitrogens with zero attached hydrogens (tertiary/aromatic N) is 1. The number of piperidine rings is 1. The van der Waals surface area contributed by atoms with Crippen molar-refractivity contribution in [2.75, 3.05) is 25.0 Å². The number of carbonyl (C=O) groups is 1. The van der Waals surface area contributed by atoms with Gasteiger partial charge in [-0.2, -0.15) is 0 Å². The number of hydrogen-bond acceptors (Lipinski definition) is 3. The molecule has 2 aliphatic heterocycles. The van der Waals surface area contributed by atoms with Crippen molar-refractivity contribution in [1.82, 2.24) is 10.2 Å². The van der Waals surface area contributed by atoms with E-state index in [2.05, 4.69) is 10.6 Å². The molecule has 2 N–H and O–H groups in total. The molecule has 2 heterocycles. The van der Waals surface area contributed by atoms with Gasteiger partial charge >= 0.3 is 0 Å². The molecule has 1 saturated carbocycles. The summed E-state index contributed by atoms with van der Waals surface area (Å²) in [5.41, 5.74) is 2.99. The van der Waals surface area contributed by atoms with Gasteiger partial charge in [0.15, 0.2) is 0 Å². The Morgan fingerprint density at radius 2 is 2.00 bits per heavy atom. The van der Waals surface area contributed by atoms with E-state index in [-0.39, 0.29) is 17.8 Å². The van der Waals surface area contributed by atoms with Gasteiger partial charge in [0.1, 0.15) is 5.82 Å². The molecular formula is C23H34FN3O. The van der Waals surface area contributed by atoms with Gasteiger partial charge in [0.2, 0.25) is 5.91 Å². The van der Waals surface area contributed by atoms with E-state index in [4.69, 9.17) is 0 Å². The fourth-order valence-corrected chi connectivity index (χ4v) is 5.60. The minimum atomic E-state index is -0.0785. The van der Waals surface area contributed by atoms with Gasteiger partial charge < -0.3 is 15.5 Å². The van der Waals surface area contributed by atoms with E-state index in [1.807, 2.05) is 17.9 Å². The first-order chi connectivity index (χ1) is 13.5. The molecule has 1 aromatic carbocycles. The number of halogens is 1. The van der Waals surface area contributed by atoms with Crippen LogP contribution in [0.5, 0.6) is 0 Å². The molecule has 0 bridgehead atoms. The second-order valence-corrected chi connectivity index (χ2v) is 9.14. The van der Waals surface area contributed by atoms with Crippen molar-refractivity contribution in [3.63, 3.8) is 0 Å². The van der Waals surface area contributed by atoms with Crippen LogP contribution in [0.4, 0.5) is 10.1 Å². The summed E-state index contributed by atoms with van der Waals surface area (Å²) in [7, 11) is 0. The lowest BCUT2D eigenvalue weighted by Crippen LogP contribution is -2.44. The number of fused-ring (bicyclic) bond motifs is 1. The second kappa shape index (κ2) is 8.40. The maximum atomic E-state index is 14.1. The summed E-state index contributed by atoms with van der Waals surface area (Å²) in [5.74, 6) is 1.70. The lowest BCUT2D eigenvalue weighted by Gasteiger charge is -2.39. The molecule has 0 radical (unpaired) electrons. The van der Waals surface area contributed by atoms with Gasteiger partial charge in [-0.1, -0.05) is 18.9 Å². The van der Waals surface area contributed by atoms with Crippen LogP contribution < -0.4 is 10.6 Å². The Hall–Kier alpha value is -1.62. The van der Waals surface area contributed by atoms with E-state index in [1.54, 1.807) is 13.0 Å². The zero-order chi connectivity index (χ0) is 19.7. The van der Waals surface area contributed by atoms with Crippen LogP contribution in [0, 0.1) is 24.6 Å². The Morgan fingerprint density at radius 3 is 2.71 bits per heavy atom. The number of nitrogens with one attached hydrogen (secondary N) is 2. The molecular weight excluding hydrogens is 353 g/mol. The van der Waals surface area contributed by atoms with E-state index in [9.17, 15) is 9.18 Å². The molecule has 1 aromatic rings. The predicted octanol–water partition coefficient (Wildman–Crippen LogP) is 3.88. The molecule has 3 aliphatic rings. The summed E-state index contributed by atoms with van der Waals surface area (Å²) in [5, 5.41) is 7.32. The third-order valence-corrected chi connectivity index (χ3v) is 7.28. The van der Waals surface area contributed by atoms with Gasteiger partial charge in [0.05, 0.1) is 0 Å². The Kier molecular flexibility index (Phi) is 5.91. The van der Waals surface area contributed by atoms with Gasteiger partial charge in [-0.05, 0) is 62.5 Å². The topological polar surface area (TPSA) is 44.4 Å². The highest BCUT2D eigenvalue weighted by molar-refractivity contribution is 5.73. The van der Waals surface area contributed by atoms with Gasteiger partial charge in [-0.15, -0.1) is 0 Å². The maximum Gasteiger partial charge on any atom is 0.219 e. The van der Waals surface area contributed by atoms with Crippen molar-refractivity contribution in [2.45, 2.75) is 70.9 Å². The molecule has 0 aromatic heterocycles. The summed E-state index contributed by atoms with van der Waals surface area (Å²) in [6.45, 7) is 6.50. The van der Waals surface area contributed by atoms with Crippen molar-refractivity contribution < 1.29 is 9.18 Å². The standard InChI is InChI=1S/C23H34FN3O/c1-15-6-7-22(24)21-13-20(26-23(15)21)14-25-19-5-3-4-18(12-19)17-8-10-27(11-9-17)16(2)28/h6-7,17-20,25-26H,3-5,8-14H2,1-2H3/t18-,19-,20?/m1/s1. The zero-order valence-corrected chi connectivity index (χ0v) is 17.3. The second-order valence-electron chi connectivity index (χ2n) is 9.14. The Labute approximate surface area is 168 Å². The first-order valence-electron chi connectivity index (χ1n) is 11.0. The summed E-state index contributed by atoms with van der Waals surface area (Å²) in [6.07, 6.45) is 8.22. The van der Waals surface area contributed by atoms with Crippen LogP contribution in [0.25, 0.3) is 0 Å². The molecule has 2 fully saturated rings. The van der Waals surface area contributed by atoms with Crippen LogP contribution in [0.2, 0.25) is 0 Å². The Morgan fingerprint density at radius 1 is 1.21 bits per heavy atom. The third-order valence-electron chi connectivity index (χ3n) is 7.28. The monoisotopic (exact) mass is 387 g/mol. The van der Waals surface area contributed by atoms with Crippen LogP contribution >= 0.6 is 0 Å². The van der Waals surface area contributed by atoms with E-state index < -0.39 is 0 Å². The van der Waals surface area contributed by atoms with Crippen molar-refractivity contribution in [1.29, 1.82) is 0 Å². The summed E-state index contributed by atoms with van der Waals surface area (Å²) < 4.78 is 14.1. The Balaban J connectivity index is 1.26. The number of hydrogen-bond donors (Lipinski definition) is 2. The summed E-state index contributed by atoms with van der Waals surface area (Å²) in [4.78, 5) is 13.6. The van der Waals surface area contributed by atoms with Gasteiger partial charge in [-0.3, -0.25) is 4.79 Å². The largest absolute Gasteiger partial charge is 0.380 e.